The highest BCUT2D eigenvalue weighted by Gasteiger charge is 1.94. The van der Waals surface area contributed by atoms with Crippen molar-refractivity contribution in [2.24, 2.45) is 0 Å². The predicted octanol–water partition coefficient (Wildman–Crippen LogP) is 2.46. The van der Waals surface area contributed by atoms with Crippen LogP contribution in [0.15, 0.2) is 30.8 Å². The lowest BCUT2D eigenvalue weighted by Gasteiger charge is -2.02. The maximum absolute atomic E-state index is 3.76. The summed E-state index contributed by atoms with van der Waals surface area (Å²) in [5, 5.41) is 0. The molecule has 1 aromatic carbocycles. The molecule has 3 radical (unpaired) electrons. The third kappa shape index (κ3) is 2.05. The Morgan fingerprint density at radius 3 is 2.73 bits per heavy atom. The number of hydrogen-bond donors (Lipinski definition) is 0. The molecule has 11 heavy (non-hydrogen) atoms. The van der Waals surface area contributed by atoms with Crippen molar-refractivity contribution in [3.63, 3.8) is 0 Å². The Balaban J connectivity index is 2.92. The number of aryl methyl sites for hydroxylation is 1. The van der Waals surface area contributed by atoms with E-state index in [0.29, 0.717) is 0 Å². The van der Waals surface area contributed by atoms with Crippen LogP contribution in [0.4, 0.5) is 0 Å². The normalized spacial score (nSPS) is 9.55. The summed E-state index contributed by atoms with van der Waals surface area (Å²) in [5.74, 6) is 0. The molecule has 0 heterocycles. The molecular weight excluding hydrogens is 148 g/mol. The van der Waals surface area contributed by atoms with Crippen LogP contribution in [0.25, 0.3) is 6.08 Å². The highest BCUT2D eigenvalue weighted by molar-refractivity contribution is 6.08. The molecule has 0 unspecified atom stereocenters. The van der Waals surface area contributed by atoms with Gasteiger partial charge in [-0.15, -0.1) is 0 Å². The molecule has 55 valence electrons. The third-order valence-electron chi connectivity index (χ3n) is 1.67. The molecular formula is C10H11Si. The first kappa shape index (κ1) is 8.28. The zero-order valence-electron chi connectivity index (χ0n) is 6.51. The number of hydrogen-bond acceptors (Lipinski definition) is 0. The molecule has 1 aromatic rings. The monoisotopic (exact) mass is 159 g/mol. The van der Waals surface area contributed by atoms with Gasteiger partial charge in [-0.2, -0.15) is 0 Å². The molecule has 1 rings (SSSR count). The lowest BCUT2D eigenvalue weighted by atomic mass is 10.1. The van der Waals surface area contributed by atoms with E-state index in [1.54, 1.807) is 0 Å². The molecule has 0 fully saturated rings. The molecule has 0 aliphatic rings. The van der Waals surface area contributed by atoms with Crippen molar-refractivity contribution < 1.29 is 0 Å². The van der Waals surface area contributed by atoms with Crippen molar-refractivity contribution in [2.75, 3.05) is 0 Å². The van der Waals surface area contributed by atoms with Crippen LogP contribution in [-0.2, 0) is 6.42 Å². The van der Waals surface area contributed by atoms with Crippen LogP contribution in [0.3, 0.4) is 0 Å². The summed E-state index contributed by atoms with van der Waals surface area (Å²) in [7, 11) is 3.46. The smallest absolute Gasteiger partial charge is 0.0225 e. The first-order valence-corrected chi connectivity index (χ1v) is 4.44. The van der Waals surface area contributed by atoms with E-state index in [9.17, 15) is 0 Å². The van der Waals surface area contributed by atoms with Gasteiger partial charge in [0, 0.05) is 10.2 Å². The van der Waals surface area contributed by atoms with Gasteiger partial charge in [0.2, 0.25) is 0 Å². The summed E-state index contributed by atoms with van der Waals surface area (Å²) in [4.78, 5) is 0. The molecule has 0 amide bonds. The highest BCUT2D eigenvalue weighted by Crippen LogP contribution is 2.11. The van der Waals surface area contributed by atoms with Gasteiger partial charge in [0.05, 0.1) is 0 Å². The SMILES string of the molecule is C=Cc1ccccc1CC[Si]. The maximum Gasteiger partial charge on any atom is 0.0225 e. The third-order valence-corrected chi connectivity index (χ3v) is 1.92. The Morgan fingerprint density at radius 1 is 1.36 bits per heavy atom. The summed E-state index contributed by atoms with van der Waals surface area (Å²) in [5.41, 5.74) is 2.60. The van der Waals surface area contributed by atoms with Gasteiger partial charge in [-0.25, -0.2) is 0 Å². The van der Waals surface area contributed by atoms with Crippen molar-refractivity contribution in [3.8, 4) is 0 Å². The van der Waals surface area contributed by atoms with Crippen molar-refractivity contribution >= 4 is 16.3 Å². The van der Waals surface area contributed by atoms with Gasteiger partial charge < -0.3 is 0 Å². The molecule has 0 atom stereocenters. The Hall–Kier alpha value is -0.823. The largest absolute Gasteiger partial charge is 0.0985 e. The van der Waals surface area contributed by atoms with Gasteiger partial charge >= 0.3 is 0 Å². The first-order chi connectivity index (χ1) is 5.38. The minimum Gasteiger partial charge on any atom is -0.0985 e. The maximum atomic E-state index is 3.76. The van der Waals surface area contributed by atoms with E-state index in [1.807, 2.05) is 12.1 Å². The standard InChI is InChI=1S/C10H11Si/c1-2-9-5-3-4-6-10(9)7-8-11/h2-6H,1,7-8H2. The van der Waals surface area contributed by atoms with Gasteiger partial charge in [0.25, 0.3) is 0 Å². The zero-order valence-corrected chi connectivity index (χ0v) is 7.51. The van der Waals surface area contributed by atoms with Crippen LogP contribution in [0.2, 0.25) is 6.04 Å². The Morgan fingerprint density at radius 2 is 2.09 bits per heavy atom. The summed E-state index contributed by atoms with van der Waals surface area (Å²) in [6.07, 6.45) is 2.97. The Labute approximate surface area is 71.4 Å². The minimum absolute atomic E-state index is 1.00. The first-order valence-electron chi connectivity index (χ1n) is 3.73. The Bertz CT molecular complexity index is 240. The second-order valence-corrected chi connectivity index (χ2v) is 2.90. The molecule has 0 spiro atoms. The summed E-state index contributed by atoms with van der Waals surface area (Å²) in [6.45, 7) is 3.76. The van der Waals surface area contributed by atoms with E-state index >= 15 is 0 Å². The summed E-state index contributed by atoms with van der Waals surface area (Å²) >= 11 is 0. The average Bonchev–Trinajstić information content (AvgIpc) is 2.06. The van der Waals surface area contributed by atoms with E-state index in [1.165, 1.54) is 11.1 Å². The van der Waals surface area contributed by atoms with Gasteiger partial charge in [-0.1, -0.05) is 43.0 Å². The van der Waals surface area contributed by atoms with Gasteiger partial charge in [-0.05, 0) is 17.5 Å². The molecule has 0 saturated heterocycles. The van der Waals surface area contributed by atoms with Crippen LogP contribution in [0, 0.1) is 0 Å². The van der Waals surface area contributed by atoms with E-state index in [4.69, 9.17) is 0 Å². The molecule has 0 aromatic heterocycles. The highest BCUT2D eigenvalue weighted by atomic mass is 28.1. The summed E-state index contributed by atoms with van der Waals surface area (Å²) in [6, 6.07) is 9.32. The van der Waals surface area contributed by atoms with Gasteiger partial charge in [-0.3, -0.25) is 0 Å². The molecule has 0 aliphatic heterocycles. The lowest BCUT2D eigenvalue weighted by molar-refractivity contribution is 1.13. The fourth-order valence-electron chi connectivity index (χ4n) is 1.10. The van der Waals surface area contributed by atoms with Crippen LogP contribution >= 0.6 is 0 Å². The fraction of sp³-hybridized carbons (Fsp3) is 0.200. The van der Waals surface area contributed by atoms with E-state index in [0.717, 1.165) is 12.5 Å². The van der Waals surface area contributed by atoms with Crippen molar-refractivity contribution in [1.82, 2.24) is 0 Å². The quantitative estimate of drug-likeness (QED) is 0.594. The van der Waals surface area contributed by atoms with Crippen LogP contribution in [0.5, 0.6) is 0 Å². The van der Waals surface area contributed by atoms with Crippen molar-refractivity contribution in [1.29, 1.82) is 0 Å². The molecule has 0 bridgehead atoms. The minimum atomic E-state index is 1.00. The topological polar surface area (TPSA) is 0 Å². The van der Waals surface area contributed by atoms with Crippen LogP contribution < -0.4 is 0 Å². The number of benzene rings is 1. The van der Waals surface area contributed by atoms with E-state index < -0.39 is 0 Å². The molecule has 0 N–H and O–H groups in total. The second kappa shape index (κ2) is 4.14. The predicted molar refractivity (Wildman–Crippen MR) is 50.8 cm³/mol. The molecule has 0 aliphatic carbocycles. The number of rotatable bonds is 3. The second-order valence-electron chi connectivity index (χ2n) is 2.40. The van der Waals surface area contributed by atoms with Crippen LogP contribution in [-0.4, -0.2) is 10.2 Å². The van der Waals surface area contributed by atoms with Gasteiger partial charge in [0.1, 0.15) is 0 Å². The van der Waals surface area contributed by atoms with E-state index in [2.05, 4.69) is 35.0 Å². The van der Waals surface area contributed by atoms with Crippen molar-refractivity contribution in [3.05, 3.63) is 42.0 Å². The van der Waals surface area contributed by atoms with Crippen molar-refractivity contribution in [2.45, 2.75) is 12.5 Å². The summed E-state index contributed by atoms with van der Waals surface area (Å²) < 4.78 is 0. The molecule has 0 saturated carbocycles. The lowest BCUT2D eigenvalue weighted by Crippen LogP contribution is -1.87. The average molecular weight is 159 g/mol. The Kier molecular flexibility index (Phi) is 3.11. The van der Waals surface area contributed by atoms with Gasteiger partial charge in [0.15, 0.2) is 0 Å². The van der Waals surface area contributed by atoms with Crippen LogP contribution in [0.1, 0.15) is 11.1 Å². The molecule has 1 heteroatoms. The zero-order chi connectivity index (χ0) is 8.10. The fourth-order valence-corrected chi connectivity index (χ4v) is 1.37. The van der Waals surface area contributed by atoms with E-state index in [-0.39, 0.29) is 0 Å². The molecule has 0 nitrogen and oxygen atoms in total.